The second kappa shape index (κ2) is 9.71. The van der Waals surface area contributed by atoms with Crippen molar-refractivity contribution in [3.05, 3.63) is 46.5 Å². The molecular formula is C23H25FN6O5. The van der Waals surface area contributed by atoms with Crippen LogP contribution >= 0.6 is 0 Å². The topological polar surface area (TPSA) is 130 Å². The van der Waals surface area contributed by atoms with Crippen LogP contribution in [0.15, 0.2) is 18.2 Å². The summed E-state index contributed by atoms with van der Waals surface area (Å²) in [6.45, 7) is 2.27. The Balaban J connectivity index is 1.56. The minimum absolute atomic E-state index is 0.135. The fraction of sp³-hybridized carbons (Fsp3) is 0.435. The van der Waals surface area contributed by atoms with Gasteiger partial charge in [-0.3, -0.25) is 19.1 Å². The van der Waals surface area contributed by atoms with Crippen LogP contribution in [0.4, 0.5) is 14.9 Å². The molecular weight excluding hydrogens is 459 g/mol. The number of fused-ring (bicyclic) bond motifs is 3. The fourth-order valence-electron chi connectivity index (χ4n) is 4.29. The van der Waals surface area contributed by atoms with Crippen molar-refractivity contribution < 1.29 is 28.3 Å². The summed E-state index contributed by atoms with van der Waals surface area (Å²) in [6.07, 6.45) is 0.457. The molecule has 4 rings (SSSR count). The van der Waals surface area contributed by atoms with Gasteiger partial charge in [-0.15, -0.1) is 0 Å². The molecule has 0 aliphatic carbocycles. The molecule has 3 heterocycles. The first-order valence-corrected chi connectivity index (χ1v) is 11.1. The van der Waals surface area contributed by atoms with Crippen molar-refractivity contribution in [2.45, 2.75) is 51.4 Å². The van der Waals surface area contributed by atoms with Crippen LogP contribution in [0.5, 0.6) is 0 Å². The molecule has 1 N–H and O–H groups in total. The van der Waals surface area contributed by atoms with Gasteiger partial charge in [0, 0.05) is 37.2 Å². The minimum atomic E-state index is -0.668. The number of benzene rings is 1. The molecule has 1 aromatic carbocycles. The van der Waals surface area contributed by atoms with Crippen LogP contribution in [0.3, 0.4) is 0 Å². The molecule has 0 unspecified atom stereocenters. The van der Waals surface area contributed by atoms with E-state index in [1.807, 2.05) is 6.92 Å². The van der Waals surface area contributed by atoms with Gasteiger partial charge in [-0.25, -0.2) is 14.2 Å². The zero-order valence-corrected chi connectivity index (χ0v) is 19.6. The van der Waals surface area contributed by atoms with Crippen molar-refractivity contribution in [1.82, 2.24) is 19.7 Å². The largest absolute Gasteiger partial charge is 0.469 e. The molecule has 2 atom stereocenters. The van der Waals surface area contributed by atoms with Gasteiger partial charge in [0.15, 0.2) is 0 Å². The molecule has 184 valence electrons. The fourth-order valence-corrected chi connectivity index (χ4v) is 4.29. The summed E-state index contributed by atoms with van der Waals surface area (Å²) >= 11 is 0. The Hall–Kier alpha value is -3.98. The standard InChI is InChI=1S/C23H25FN6O5/c1-13-8-19-17(12-29(13)23(33)26-15-4-6-18(24)14(9-15)10-25)21-22(32)28(2)35-16(11-30(21)27-19)5-7-20(31)34-3/h4,6,9,13,16H,5,7-8,11-12H2,1-3H3,(H,26,33)/t13-,16-/m1/s1. The number of hydroxylamine groups is 2. The number of urea groups is 1. The second-order valence-corrected chi connectivity index (χ2v) is 8.52. The molecule has 1 aromatic heterocycles. The lowest BCUT2D eigenvalue weighted by atomic mass is 9.99. The molecule has 2 aliphatic rings. The molecule has 0 saturated heterocycles. The summed E-state index contributed by atoms with van der Waals surface area (Å²) < 4.78 is 19.9. The van der Waals surface area contributed by atoms with Crippen LogP contribution in [0, 0.1) is 17.1 Å². The van der Waals surface area contributed by atoms with Crippen molar-refractivity contribution >= 4 is 23.6 Å². The monoisotopic (exact) mass is 484 g/mol. The van der Waals surface area contributed by atoms with E-state index < -0.39 is 23.9 Å². The van der Waals surface area contributed by atoms with Crippen LogP contribution < -0.4 is 5.32 Å². The van der Waals surface area contributed by atoms with Crippen LogP contribution in [0.2, 0.25) is 0 Å². The van der Waals surface area contributed by atoms with Crippen molar-refractivity contribution in [3.8, 4) is 6.07 Å². The maximum absolute atomic E-state index is 13.6. The van der Waals surface area contributed by atoms with E-state index in [4.69, 9.17) is 10.1 Å². The van der Waals surface area contributed by atoms with Gasteiger partial charge in [-0.1, -0.05) is 0 Å². The Morgan fingerprint density at radius 3 is 2.89 bits per heavy atom. The van der Waals surface area contributed by atoms with Crippen molar-refractivity contribution in [1.29, 1.82) is 5.26 Å². The number of nitriles is 1. The van der Waals surface area contributed by atoms with E-state index in [1.54, 1.807) is 15.7 Å². The van der Waals surface area contributed by atoms with E-state index in [0.29, 0.717) is 24.1 Å². The predicted octanol–water partition coefficient (Wildman–Crippen LogP) is 2.21. The Morgan fingerprint density at radius 2 is 2.17 bits per heavy atom. The summed E-state index contributed by atoms with van der Waals surface area (Å²) in [7, 11) is 2.81. The number of methoxy groups -OCH3 is 1. The SMILES string of the molecule is COC(=O)CC[C@@H]1Cn2nc3c(c2C(=O)N(C)O1)CN(C(=O)Nc1ccc(F)c(C#N)c1)[C@H](C)C3. The lowest BCUT2D eigenvalue weighted by Crippen LogP contribution is -2.45. The summed E-state index contributed by atoms with van der Waals surface area (Å²) in [5.74, 6) is -1.43. The highest BCUT2D eigenvalue weighted by Crippen LogP contribution is 2.30. The van der Waals surface area contributed by atoms with E-state index in [0.717, 1.165) is 16.8 Å². The molecule has 0 bridgehead atoms. The number of anilines is 1. The van der Waals surface area contributed by atoms with Crippen LogP contribution in [0.25, 0.3) is 0 Å². The summed E-state index contributed by atoms with van der Waals surface area (Å²) in [6, 6.07) is 4.84. The van der Waals surface area contributed by atoms with Gasteiger partial charge in [0.25, 0.3) is 5.91 Å². The third-order valence-corrected chi connectivity index (χ3v) is 6.15. The third kappa shape index (κ3) is 4.81. The molecule has 12 heteroatoms. The highest BCUT2D eigenvalue weighted by atomic mass is 19.1. The van der Waals surface area contributed by atoms with Crippen LogP contribution in [-0.2, 0) is 33.9 Å². The van der Waals surface area contributed by atoms with E-state index in [-0.39, 0.29) is 42.8 Å². The van der Waals surface area contributed by atoms with Gasteiger partial charge in [0.1, 0.15) is 23.7 Å². The highest BCUT2D eigenvalue weighted by Gasteiger charge is 2.37. The smallest absolute Gasteiger partial charge is 0.322 e. The van der Waals surface area contributed by atoms with Crippen LogP contribution in [0.1, 0.15) is 47.1 Å². The van der Waals surface area contributed by atoms with E-state index in [9.17, 15) is 18.8 Å². The highest BCUT2D eigenvalue weighted by molar-refractivity contribution is 5.94. The summed E-state index contributed by atoms with van der Waals surface area (Å²) in [4.78, 5) is 45.0. The van der Waals surface area contributed by atoms with Gasteiger partial charge in [0.2, 0.25) is 0 Å². The van der Waals surface area contributed by atoms with Gasteiger partial charge >= 0.3 is 12.0 Å². The first-order chi connectivity index (χ1) is 16.7. The zero-order valence-electron chi connectivity index (χ0n) is 19.6. The molecule has 35 heavy (non-hydrogen) atoms. The number of hydrogen-bond donors (Lipinski definition) is 1. The number of nitrogens with one attached hydrogen (secondary N) is 1. The number of amides is 3. The number of esters is 1. The number of rotatable bonds is 4. The van der Waals surface area contributed by atoms with Crippen molar-refractivity contribution in [2.75, 3.05) is 19.5 Å². The predicted molar refractivity (Wildman–Crippen MR) is 119 cm³/mol. The number of halogens is 1. The Morgan fingerprint density at radius 1 is 1.40 bits per heavy atom. The Labute approximate surface area is 200 Å². The number of carbonyl (C=O) groups excluding carboxylic acids is 3. The number of aromatic nitrogens is 2. The molecule has 0 radical (unpaired) electrons. The van der Waals surface area contributed by atoms with E-state index >= 15 is 0 Å². The lowest BCUT2D eigenvalue weighted by Gasteiger charge is -2.33. The number of carbonyl (C=O) groups is 3. The van der Waals surface area contributed by atoms with Crippen molar-refractivity contribution in [2.24, 2.45) is 0 Å². The molecule has 2 aromatic rings. The maximum Gasteiger partial charge on any atom is 0.322 e. The zero-order chi connectivity index (χ0) is 25.3. The molecule has 2 aliphatic heterocycles. The molecule has 0 spiro atoms. The molecule has 0 saturated carbocycles. The molecule has 11 nitrogen and oxygen atoms in total. The summed E-state index contributed by atoms with van der Waals surface area (Å²) in [5.41, 5.74) is 1.80. The molecule has 3 amide bonds. The second-order valence-electron chi connectivity index (χ2n) is 8.52. The van der Waals surface area contributed by atoms with Crippen LogP contribution in [-0.4, -0.2) is 64.0 Å². The molecule has 0 fully saturated rings. The Kier molecular flexibility index (Phi) is 6.70. The number of hydrogen-bond acceptors (Lipinski definition) is 7. The lowest BCUT2D eigenvalue weighted by molar-refractivity contribution is -0.156. The maximum atomic E-state index is 13.6. The van der Waals surface area contributed by atoms with Gasteiger partial charge in [-0.05, 0) is 31.5 Å². The van der Waals surface area contributed by atoms with Gasteiger partial charge < -0.3 is 15.0 Å². The average Bonchev–Trinajstić information content (AvgIpc) is 3.12. The van der Waals surface area contributed by atoms with E-state index in [2.05, 4.69) is 15.2 Å². The quantitative estimate of drug-likeness (QED) is 0.659. The first kappa shape index (κ1) is 24.2. The number of nitrogens with zero attached hydrogens (tertiary/aromatic N) is 5. The van der Waals surface area contributed by atoms with E-state index in [1.165, 1.54) is 26.3 Å². The van der Waals surface area contributed by atoms with Gasteiger partial charge in [-0.2, -0.15) is 10.4 Å². The van der Waals surface area contributed by atoms with Crippen molar-refractivity contribution in [3.63, 3.8) is 0 Å². The minimum Gasteiger partial charge on any atom is -0.469 e. The number of ether oxygens (including phenoxy) is 1. The summed E-state index contributed by atoms with van der Waals surface area (Å²) in [5, 5.41) is 17.5. The third-order valence-electron chi connectivity index (χ3n) is 6.15. The first-order valence-electron chi connectivity index (χ1n) is 11.1. The average molecular weight is 484 g/mol. The normalized spacial score (nSPS) is 19.3. The van der Waals surface area contributed by atoms with Gasteiger partial charge in [0.05, 0.1) is 31.5 Å². The Bertz CT molecular complexity index is 1220.